The van der Waals surface area contributed by atoms with Gasteiger partial charge in [-0.25, -0.2) is 4.39 Å². The Hall–Kier alpha value is -0.930. The lowest BCUT2D eigenvalue weighted by atomic mass is 10.2. The van der Waals surface area contributed by atoms with Crippen LogP contribution in [0.1, 0.15) is 31.4 Å². The monoisotopic (exact) mass is 169 g/mol. The first-order valence-corrected chi connectivity index (χ1v) is 4.24. The Morgan fingerprint density at radius 1 is 1.50 bits per heavy atom. The average molecular weight is 169 g/mol. The predicted octanol–water partition coefficient (Wildman–Crippen LogP) is 1.30. The summed E-state index contributed by atoms with van der Waals surface area (Å²) in [5.41, 5.74) is 0. The van der Waals surface area contributed by atoms with Gasteiger partial charge >= 0.3 is 0 Å². The Morgan fingerprint density at radius 3 is 2.92 bits per heavy atom. The van der Waals surface area contributed by atoms with Crippen molar-refractivity contribution in [3.8, 4) is 0 Å². The van der Waals surface area contributed by atoms with E-state index in [4.69, 9.17) is 0 Å². The summed E-state index contributed by atoms with van der Waals surface area (Å²) in [7, 11) is 0. The Labute approximate surface area is 70.6 Å². The van der Waals surface area contributed by atoms with Gasteiger partial charge in [0.2, 0.25) is 0 Å². The van der Waals surface area contributed by atoms with E-state index >= 15 is 0 Å². The van der Waals surface area contributed by atoms with Crippen molar-refractivity contribution in [1.82, 2.24) is 14.8 Å². The molecule has 2 heterocycles. The first-order chi connectivity index (χ1) is 5.68. The van der Waals surface area contributed by atoms with Crippen LogP contribution in [0.5, 0.6) is 0 Å². The molecule has 1 atom stereocenters. The van der Waals surface area contributed by atoms with Gasteiger partial charge in [-0.3, -0.25) is 0 Å². The summed E-state index contributed by atoms with van der Waals surface area (Å²) in [5, 5.41) is 7.96. The third kappa shape index (κ3) is 1.02. The lowest BCUT2D eigenvalue weighted by Crippen LogP contribution is -2.07. The molecule has 0 saturated heterocycles. The van der Waals surface area contributed by atoms with Crippen molar-refractivity contribution in [2.45, 2.75) is 38.9 Å². The lowest BCUT2D eigenvalue weighted by Gasteiger charge is -2.05. The second-order valence-corrected chi connectivity index (χ2v) is 3.54. The Morgan fingerprint density at radius 2 is 2.25 bits per heavy atom. The van der Waals surface area contributed by atoms with Gasteiger partial charge in [-0.1, -0.05) is 13.8 Å². The van der Waals surface area contributed by atoms with Gasteiger partial charge in [-0.15, -0.1) is 10.2 Å². The number of rotatable bonds is 1. The van der Waals surface area contributed by atoms with Gasteiger partial charge in [0.15, 0.2) is 0 Å². The summed E-state index contributed by atoms with van der Waals surface area (Å²) in [6, 6.07) is 0. The molecule has 0 amide bonds. The number of alkyl halides is 1. The van der Waals surface area contributed by atoms with Crippen LogP contribution in [0.25, 0.3) is 0 Å². The average Bonchev–Trinajstić information content (AvgIpc) is 2.43. The molecule has 0 saturated carbocycles. The van der Waals surface area contributed by atoms with Crippen LogP contribution in [0.4, 0.5) is 4.39 Å². The van der Waals surface area contributed by atoms with Gasteiger partial charge in [0.05, 0.1) is 6.54 Å². The number of aromatic nitrogens is 3. The molecule has 0 fully saturated rings. The molecule has 0 unspecified atom stereocenters. The summed E-state index contributed by atoms with van der Waals surface area (Å²) in [6.07, 6.45) is -0.326. The van der Waals surface area contributed by atoms with E-state index in [0.29, 0.717) is 18.9 Å². The van der Waals surface area contributed by atoms with Crippen molar-refractivity contribution in [2.75, 3.05) is 0 Å². The van der Waals surface area contributed by atoms with E-state index in [1.165, 1.54) is 0 Å². The highest BCUT2D eigenvalue weighted by atomic mass is 19.1. The third-order valence-electron chi connectivity index (χ3n) is 2.16. The molecule has 1 aliphatic heterocycles. The molecule has 66 valence electrons. The lowest BCUT2D eigenvalue weighted by molar-refractivity contribution is 0.324. The molecule has 0 bridgehead atoms. The maximum atomic E-state index is 12.9. The normalized spacial score (nSPS) is 21.8. The van der Waals surface area contributed by atoms with Gasteiger partial charge in [-0.05, 0) is 0 Å². The molecule has 0 aromatic carbocycles. The molecule has 1 aliphatic rings. The Balaban J connectivity index is 2.37. The van der Waals surface area contributed by atoms with Crippen molar-refractivity contribution in [3.63, 3.8) is 0 Å². The van der Waals surface area contributed by atoms with E-state index in [2.05, 4.69) is 10.2 Å². The number of hydrogen-bond donors (Lipinski definition) is 0. The van der Waals surface area contributed by atoms with Crippen LogP contribution >= 0.6 is 0 Å². The summed E-state index contributed by atoms with van der Waals surface area (Å²) < 4.78 is 14.8. The Bertz CT molecular complexity index is 292. The van der Waals surface area contributed by atoms with E-state index in [1.54, 1.807) is 0 Å². The Kier molecular flexibility index (Phi) is 1.63. The van der Waals surface area contributed by atoms with Crippen LogP contribution in [0.2, 0.25) is 0 Å². The maximum Gasteiger partial charge on any atom is 0.136 e. The summed E-state index contributed by atoms with van der Waals surface area (Å²) in [4.78, 5) is 0. The van der Waals surface area contributed by atoms with Crippen molar-refractivity contribution in [1.29, 1.82) is 0 Å². The summed E-state index contributed by atoms with van der Waals surface area (Å²) >= 11 is 0. The minimum absolute atomic E-state index is 0.330. The summed E-state index contributed by atoms with van der Waals surface area (Å²) in [5.74, 6) is 2.04. The minimum Gasteiger partial charge on any atom is -0.312 e. The van der Waals surface area contributed by atoms with Crippen LogP contribution in [-0.2, 0) is 13.0 Å². The molecule has 0 N–H and O–H groups in total. The fraction of sp³-hybridized carbons (Fsp3) is 0.750. The van der Waals surface area contributed by atoms with Gasteiger partial charge in [0.25, 0.3) is 0 Å². The van der Waals surface area contributed by atoms with Gasteiger partial charge in [-0.2, -0.15) is 0 Å². The molecule has 0 aliphatic carbocycles. The molecule has 1 aromatic rings. The van der Waals surface area contributed by atoms with Crippen LogP contribution in [0, 0.1) is 0 Å². The fourth-order valence-corrected chi connectivity index (χ4v) is 1.59. The van der Waals surface area contributed by atoms with Gasteiger partial charge < -0.3 is 4.57 Å². The third-order valence-corrected chi connectivity index (χ3v) is 2.16. The van der Waals surface area contributed by atoms with Crippen molar-refractivity contribution < 1.29 is 4.39 Å². The second-order valence-electron chi connectivity index (χ2n) is 3.54. The zero-order chi connectivity index (χ0) is 8.72. The first-order valence-electron chi connectivity index (χ1n) is 4.24. The number of fused-ring (bicyclic) bond motifs is 1. The largest absolute Gasteiger partial charge is 0.312 e. The predicted molar refractivity (Wildman–Crippen MR) is 42.7 cm³/mol. The molecule has 2 rings (SSSR count). The van der Waals surface area contributed by atoms with Crippen LogP contribution in [-0.4, -0.2) is 20.9 Å². The molecule has 0 spiro atoms. The van der Waals surface area contributed by atoms with Gasteiger partial charge in [0, 0.05) is 12.3 Å². The van der Waals surface area contributed by atoms with E-state index in [-0.39, 0.29) is 0 Å². The molecule has 3 nitrogen and oxygen atoms in total. The van der Waals surface area contributed by atoms with Gasteiger partial charge in [0.1, 0.15) is 17.8 Å². The molecule has 12 heavy (non-hydrogen) atoms. The van der Waals surface area contributed by atoms with Crippen LogP contribution < -0.4 is 0 Å². The molecule has 1 aromatic heterocycles. The summed E-state index contributed by atoms with van der Waals surface area (Å²) in [6.45, 7) is 4.53. The highest BCUT2D eigenvalue weighted by molar-refractivity contribution is 5.05. The number of halogens is 1. The SMILES string of the molecule is CC(C)c1nnc2n1C[C@H](F)C2. The van der Waals surface area contributed by atoms with E-state index in [0.717, 1.165) is 11.6 Å². The minimum atomic E-state index is -0.756. The standard InChI is InChI=1S/C8H12FN3/c1-5(2)8-11-10-7-3-6(9)4-12(7)8/h5-6H,3-4H2,1-2H3/t6-/m1/s1. The van der Waals surface area contributed by atoms with Crippen molar-refractivity contribution >= 4 is 0 Å². The van der Waals surface area contributed by atoms with E-state index in [9.17, 15) is 4.39 Å². The number of nitrogens with zero attached hydrogens (tertiary/aromatic N) is 3. The fourth-order valence-electron chi connectivity index (χ4n) is 1.59. The van der Waals surface area contributed by atoms with Crippen LogP contribution in [0.15, 0.2) is 0 Å². The number of hydrogen-bond acceptors (Lipinski definition) is 2. The van der Waals surface area contributed by atoms with E-state index < -0.39 is 6.17 Å². The zero-order valence-electron chi connectivity index (χ0n) is 7.29. The van der Waals surface area contributed by atoms with Crippen molar-refractivity contribution in [3.05, 3.63) is 11.6 Å². The highest BCUT2D eigenvalue weighted by Gasteiger charge is 2.26. The quantitative estimate of drug-likeness (QED) is 0.634. The van der Waals surface area contributed by atoms with E-state index in [1.807, 2.05) is 18.4 Å². The first kappa shape index (κ1) is 7.71. The second kappa shape index (κ2) is 2.54. The molecular formula is C8H12FN3. The molecular weight excluding hydrogens is 157 g/mol. The van der Waals surface area contributed by atoms with Crippen LogP contribution in [0.3, 0.4) is 0 Å². The topological polar surface area (TPSA) is 30.7 Å². The van der Waals surface area contributed by atoms with Crippen molar-refractivity contribution in [2.24, 2.45) is 0 Å². The molecule has 4 heteroatoms. The maximum absolute atomic E-state index is 12.9. The smallest absolute Gasteiger partial charge is 0.136 e. The zero-order valence-corrected chi connectivity index (χ0v) is 7.29. The molecule has 0 radical (unpaired) electrons. The highest BCUT2D eigenvalue weighted by Crippen LogP contribution is 2.21.